The highest BCUT2D eigenvalue weighted by molar-refractivity contribution is 7.89. The van der Waals surface area contributed by atoms with Crippen molar-refractivity contribution in [1.82, 2.24) is 20.1 Å². The van der Waals surface area contributed by atoms with E-state index in [-0.39, 0.29) is 34.8 Å². The normalized spacial score (nSPS) is 34.7. The number of thiocarbonyl (C=S) groups is 1. The Kier molecular flexibility index (Phi) is 6.48. The number of sulfonamides is 1. The zero-order valence-electron chi connectivity index (χ0n) is 22.7. The predicted molar refractivity (Wildman–Crippen MR) is 146 cm³/mol. The molecular weight excluding hydrogens is 537 g/mol. The van der Waals surface area contributed by atoms with Crippen LogP contribution < -0.4 is 10.7 Å². The van der Waals surface area contributed by atoms with Gasteiger partial charge in [-0.2, -0.15) is 4.31 Å². The Bertz CT molecular complexity index is 1100. The monoisotopic (exact) mass is 576 g/mol. The molecule has 5 atom stereocenters. The van der Waals surface area contributed by atoms with Crippen molar-refractivity contribution in [2.75, 3.05) is 19.4 Å². The fourth-order valence-corrected chi connectivity index (χ4v) is 12.4. The number of hydrazine groups is 1. The van der Waals surface area contributed by atoms with Crippen LogP contribution >= 0.6 is 12.2 Å². The number of nitrogens with zero attached hydrogens (tertiary/aromatic N) is 2. The van der Waals surface area contributed by atoms with E-state index in [4.69, 9.17) is 21.4 Å². The van der Waals surface area contributed by atoms with Crippen molar-refractivity contribution < 1.29 is 27.2 Å². The summed E-state index contributed by atoms with van der Waals surface area (Å²) in [5.41, 5.74) is 0.194. The highest BCUT2D eigenvalue weighted by Gasteiger charge is 2.84. The standard InChI is InChI=1S/C22H40N4O6S2Si2/c1-20(2,3)36(8,9)32-15-12-21(18(28)31-4)16-14(15)13-25(34(29,30)10-11-35(5,6)7)22(16)17(27)23-19(33)26(22)24-21/h14-16,24H,10-13H2,1-9H3,(H,23,27,33)/t14-,15+,16-,21+,22-/m1/s1. The fraction of sp³-hybridized carbons (Fsp3) is 0.864. The summed E-state index contributed by atoms with van der Waals surface area (Å²) in [6, 6.07) is 0.558. The Morgan fingerprint density at radius 3 is 2.36 bits per heavy atom. The van der Waals surface area contributed by atoms with Crippen molar-refractivity contribution in [3.8, 4) is 0 Å². The highest BCUT2D eigenvalue weighted by atomic mass is 32.2. The van der Waals surface area contributed by atoms with Crippen molar-refractivity contribution in [3.05, 3.63) is 0 Å². The third-order valence-corrected chi connectivity index (χ3v) is 17.5. The zero-order valence-corrected chi connectivity index (χ0v) is 26.4. The van der Waals surface area contributed by atoms with E-state index in [0.29, 0.717) is 6.04 Å². The largest absolute Gasteiger partial charge is 0.468 e. The molecule has 0 bridgehead atoms. The van der Waals surface area contributed by atoms with E-state index in [0.717, 1.165) is 0 Å². The number of ether oxygens (including phenoxy) is 1. The van der Waals surface area contributed by atoms with E-state index in [1.807, 2.05) is 0 Å². The third kappa shape index (κ3) is 3.85. The molecule has 10 nitrogen and oxygen atoms in total. The Hall–Kier alpha value is -0.906. The van der Waals surface area contributed by atoms with E-state index in [9.17, 15) is 18.0 Å². The lowest BCUT2D eigenvalue weighted by atomic mass is 9.79. The molecule has 4 aliphatic rings. The van der Waals surface area contributed by atoms with Gasteiger partial charge in [0.15, 0.2) is 13.4 Å². The maximum absolute atomic E-state index is 13.9. The van der Waals surface area contributed by atoms with Gasteiger partial charge in [-0.3, -0.25) is 15.1 Å². The van der Waals surface area contributed by atoms with Gasteiger partial charge in [-0.05, 0) is 36.4 Å². The minimum Gasteiger partial charge on any atom is -0.468 e. The summed E-state index contributed by atoms with van der Waals surface area (Å²) in [6.07, 6.45) is -0.140. The lowest BCUT2D eigenvalue weighted by Crippen LogP contribution is -2.62. The minimum atomic E-state index is -3.87. The van der Waals surface area contributed by atoms with Crippen LogP contribution in [0.2, 0.25) is 43.8 Å². The second-order valence-corrected chi connectivity index (χ2v) is 26.1. The van der Waals surface area contributed by atoms with Gasteiger partial charge < -0.3 is 9.16 Å². The van der Waals surface area contributed by atoms with E-state index in [1.165, 1.54) is 16.4 Å². The average Bonchev–Trinajstić information content (AvgIpc) is 3.39. The number of hydrogen-bond donors (Lipinski definition) is 2. The summed E-state index contributed by atoms with van der Waals surface area (Å²) in [5, 5.41) is 4.04. The van der Waals surface area contributed by atoms with Gasteiger partial charge in [0.05, 0.1) is 19.0 Å². The van der Waals surface area contributed by atoms with Gasteiger partial charge in [0.25, 0.3) is 5.91 Å². The lowest BCUT2D eigenvalue weighted by molar-refractivity contribution is -0.150. The van der Waals surface area contributed by atoms with Crippen LogP contribution in [-0.2, 0) is 28.8 Å². The van der Waals surface area contributed by atoms with Gasteiger partial charge in [-0.1, -0.05) is 40.4 Å². The number of amides is 1. The number of carbonyl (C=O) groups excluding carboxylic acids is 2. The topological polar surface area (TPSA) is 117 Å². The van der Waals surface area contributed by atoms with E-state index >= 15 is 0 Å². The summed E-state index contributed by atoms with van der Waals surface area (Å²) in [6.45, 7) is 17.1. The summed E-state index contributed by atoms with van der Waals surface area (Å²) in [4.78, 5) is 27.1. The quantitative estimate of drug-likeness (QED) is 0.266. The molecule has 3 saturated heterocycles. The van der Waals surface area contributed by atoms with Crippen LogP contribution in [0.15, 0.2) is 0 Å². The Labute approximate surface area is 222 Å². The maximum atomic E-state index is 13.9. The van der Waals surface area contributed by atoms with Crippen molar-refractivity contribution in [1.29, 1.82) is 0 Å². The van der Waals surface area contributed by atoms with Crippen LogP contribution in [0.3, 0.4) is 0 Å². The van der Waals surface area contributed by atoms with Crippen LogP contribution in [0.1, 0.15) is 27.2 Å². The number of nitrogens with one attached hydrogen (secondary N) is 2. The lowest BCUT2D eigenvalue weighted by Gasteiger charge is -2.40. The Morgan fingerprint density at radius 2 is 1.83 bits per heavy atom. The van der Waals surface area contributed by atoms with Gasteiger partial charge >= 0.3 is 5.97 Å². The molecule has 4 rings (SSSR count). The fourth-order valence-electron chi connectivity index (χ4n) is 5.98. The summed E-state index contributed by atoms with van der Waals surface area (Å²) in [7, 11) is -6.55. The molecule has 204 valence electrons. The third-order valence-electron chi connectivity index (χ3n) is 8.81. The van der Waals surface area contributed by atoms with Crippen LogP contribution in [0, 0.1) is 11.8 Å². The first-order valence-corrected chi connectivity index (χ1v) is 21.1. The molecule has 1 amide bonds. The average molecular weight is 577 g/mol. The molecule has 14 heteroatoms. The molecule has 1 spiro atoms. The number of carbonyl (C=O) groups is 2. The van der Waals surface area contributed by atoms with Gasteiger partial charge in [-0.15, -0.1) is 0 Å². The number of methoxy groups -OCH3 is 1. The van der Waals surface area contributed by atoms with Crippen LogP contribution in [-0.4, -0.2) is 87.8 Å². The number of hydrogen-bond acceptors (Lipinski definition) is 8. The molecule has 0 aromatic heterocycles. The summed E-state index contributed by atoms with van der Waals surface area (Å²) < 4.78 is 41.2. The van der Waals surface area contributed by atoms with Gasteiger partial charge in [0.1, 0.15) is 5.54 Å². The first-order chi connectivity index (χ1) is 16.2. The SMILES string of the molecule is COC(=O)[C@@]12C[C@H](O[Si](C)(C)C(C)(C)C)[C@H]3CN(S(=O)(=O)CC[Si](C)(C)C)[C@]4(C(=O)NC(=S)N4N1)[C@H]32. The predicted octanol–water partition coefficient (Wildman–Crippen LogP) is 1.84. The van der Waals surface area contributed by atoms with Gasteiger partial charge in [0.2, 0.25) is 15.7 Å². The highest BCUT2D eigenvalue weighted by Crippen LogP contribution is 2.62. The van der Waals surface area contributed by atoms with Gasteiger partial charge in [0, 0.05) is 32.9 Å². The molecular formula is C22H40N4O6S2Si2. The summed E-state index contributed by atoms with van der Waals surface area (Å²) in [5.74, 6) is -2.22. The zero-order chi connectivity index (χ0) is 27.3. The minimum absolute atomic E-state index is 0.0588. The maximum Gasteiger partial charge on any atom is 0.328 e. The van der Waals surface area contributed by atoms with E-state index in [1.54, 1.807) is 0 Å². The first kappa shape index (κ1) is 28.1. The van der Waals surface area contributed by atoms with Crippen LogP contribution in [0.25, 0.3) is 0 Å². The second-order valence-electron chi connectivity index (χ2n) is 13.3. The molecule has 0 radical (unpaired) electrons. The molecule has 0 aromatic carbocycles. The number of esters is 1. The molecule has 1 saturated carbocycles. The van der Waals surface area contributed by atoms with E-state index in [2.05, 4.69) is 64.2 Å². The number of rotatable bonds is 7. The van der Waals surface area contributed by atoms with Crippen molar-refractivity contribution in [2.45, 2.75) is 88.3 Å². The first-order valence-electron chi connectivity index (χ1n) is 12.4. The van der Waals surface area contributed by atoms with Crippen molar-refractivity contribution in [3.63, 3.8) is 0 Å². The van der Waals surface area contributed by atoms with Crippen LogP contribution in [0.5, 0.6) is 0 Å². The van der Waals surface area contributed by atoms with Gasteiger partial charge in [-0.25, -0.2) is 18.6 Å². The molecule has 36 heavy (non-hydrogen) atoms. The molecule has 2 N–H and O–H groups in total. The second kappa shape index (κ2) is 8.29. The molecule has 4 fully saturated rings. The molecule has 3 heterocycles. The Morgan fingerprint density at radius 1 is 1.22 bits per heavy atom. The molecule has 3 aliphatic heterocycles. The van der Waals surface area contributed by atoms with E-state index < -0.39 is 61.5 Å². The van der Waals surface area contributed by atoms with Crippen molar-refractivity contribution in [2.24, 2.45) is 11.8 Å². The Balaban J connectivity index is 1.85. The smallest absolute Gasteiger partial charge is 0.328 e. The molecule has 1 aliphatic carbocycles. The molecule has 0 unspecified atom stereocenters. The molecule has 0 aromatic rings. The summed E-state index contributed by atoms with van der Waals surface area (Å²) >= 11 is 5.45. The van der Waals surface area contributed by atoms with Crippen molar-refractivity contribution >= 4 is 55.6 Å². The van der Waals surface area contributed by atoms with Crippen LogP contribution in [0.4, 0.5) is 0 Å².